The molecular formula is C18H13F3N4O2S. The summed E-state index contributed by atoms with van der Waals surface area (Å²) < 4.78 is 42.0. The van der Waals surface area contributed by atoms with Gasteiger partial charge in [-0.3, -0.25) is 9.59 Å². The van der Waals surface area contributed by atoms with Gasteiger partial charge in [-0.2, -0.15) is 13.2 Å². The summed E-state index contributed by atoms with van der Waals surface area (Å²) >= 11 is 0.948. The quantitative estimate of drug-likeness (QED) is 0.674. The van der Waals surface area contributed by atoms with E-state index in [-0.39, 0.29) is 11.3 Å². The zero-order valence-electron chi connectivity index (χ0n) is 14.4. The second-order valence-corrected chi connectivity index (χ2v) is 6.51. The number of benzene rings is 2. The van der Waals surface area contributed by atoms with Crippen LogP contribution in [0.2, 0.25) is 0 Å². The molecule has 1 heterocycles. The molecule has 0 spiro atoms. The van der Waals surface area contributed by atoms with Crippen LogP contribution in [0.4, 0.5) is 24.5 Å². The highest BCUT2D eigenvalue weighted by atomic mass is 32.1. The van der Waals surface area contributed by atoms with E-state index in [2.05, 4.69) is 20.2 Å². The van der Waals surface area contributed by atoms with E-state index in [1.54, 1.807) is 19.1 Å². The molecule has 3 rings (SSSR count). The van der Waals surface area contributed by atoms with Gasteiger partial charge in [0.25, 0.3) is 11.8 Å². The molecule has 0 atom stereocenters. The molecular weight excluding hydrogens is 393 g/mol. The predicted octanol–water partition coefficient (Wildman–Crippen LogP) is 4.37. The maximum absolute atomic E-state index is 12.8. The van der Waals surface area contributed by atoms with Crippen molar-refractivity contribution in [2.75, 3.05) is 10.6 Å². The minimum Gasteiger partial charge on any atom is -0.322 e. The van der Waals surface area contributed by atoms with Gasteiger partial charge in [0.2, 0.25) is 0 Å². The van der Waals surface area contributed by atoms with Gasteiger partial charge < -0.3 is 10.6 Å². The summed E-state index contributed by atoms with van der Waals surface area (Å²) in [6.45, 7) is 1.65. The maximum atomic E-state index is 12.8. The molecule has 0 saturated heterocycles. The molecule has 0 bridgehead atoms. The fourth-order valence-corrected chi connectivity index (χ4v) is 2.89. The summed E-state index contributed by atoms with van der Waals surface area (Å²) in [7, 11) is 0. The van der Waals surface area contributed by atoms with Crippen LogP contribution in [0, 0.1) is 6.92 Å². The van der Waals surface area contributed by atoms with Crippen molar-refractivity contribution in [3.8, 4) is 0 Å². The molecule has 6 nitrogen and oxygen atoms in total. The van der Waals surface area contributed by atoms with E-state index >= 15 is 0 Å². The number of nitrogens with zero attached hydrogens (tertiary/aromatic N) is 2. The summed E-state index contributed by atoms with van der Waals surface area (Å²) in [4.78, 5) is 24.9. The third kappa shape index (κ3) is 4.52. The standard InChI is InChI=1S/C18H13F3N4O2S/c1-10-15(28-25-24-10)17(27)23-13-6-2-4-11(8-13)16(26)22-14-7-3-5-12(9-14)18(19,20)21/h2-9H,1H3,(H,22,26)(H,23,27). The molecule has 2 amide bonds. The molecule has 3 aromatic rings. The van der Waals surface area contributed by atoms with E-state index in [0.717, 1.165) is 23.7 Å². The highest BCUT2D eigenvalue weighted by molar-refractivity contribution is 7.08. The van der Waals surface area contributed by atoms with Crippen LogP contribution in [0.3, 0.4) is 0 Å². The van der Waals surface area contributed by atoms with Crippen LogP contribution in [0.1, 0.15) is 31.3 Å². The molecule has 144 valence electrons. The summed E-state index contributed by atoms with van der Waals surface area (Å²) in [5, 5.41) is 8.81. The zero-order chi connectivity index (χ0) is 20.3. The molecule has 0 fully saturated rings. The number of nitrogens with one attached hydrogen (secondary N) is 2. The van der Waals surface area contributed by atoms with Crippen LogP contribution in [-0.2, 0) is 6.18 Å². The summed E-state index contributed by atoms with van der Waals surface area (Å²) in [5.74, 6) is -1.02. The lowest BCUT2D eigenvalue weighted by Crippen LogP contribution is -2.15. The van der Waals surface area contributed by atoms with Crippen molar-refractivity contribution >= 4 is 34.7 Å². The fourth-order valence-electron chi connectivity index (χ4n) is 2.34. The number of carbonyl (C=O) groups is 2. The highest BCUT2D eigenvalue weighted by Gasteiger charge is 2.30. The molecule has 10 heteroatoms. The van der Waals surface area contributed by atoms with Gasteiger partial charge in [0, 0.05) is 16.9 Å². The summed E-state index contributed by atoms with van der Waals surface area (Å²) in [6, 6.07) is 10.4. The van der Waals surface area contributed by atoms with Gasteiger partial charge in [0.15, 0.2) is 0 Å². The number of halogens is 3. The van der Waals surface area contributed by atoms with E-state index in [9.17, 15) is 22.8 Å². The third-order valence-corrected chi connectivity index (χ3v) is 4.51. The maximum Gasteiger partial charge on any atom is 0.416 e. The number of carbonyl (C=O) groups excluding carboxylic acids is 2. The van der Waals surface area contributed by atoms with Gasteiger partial charge in [-0.25, -0.2) is 0 Å². The largest absolute Gasteiger partial charge is 0.416 e. The minimum atomic E-state index is -4.51. The average molecular weight is 406 g/mol. The van der Waals surface area contributed by atoms with Gasteiger partial charge in [-0.1, -0.05) is 16.6 Å². The Balaban J connectivity index is 1.74. The lowest BCUT2D eigenvalue weighted by atomic mass is 10.1. The topological polar surface area (TPSA) is 84.0 Å². The van der Waals surface area contributed by atoms with Crippen molar-refractivity contribution in [1.29, 1.82) is 0 Å². The summed E-state index contributed by atoms with van der Waals surface area (Å²) in [5.41, 5.74) is 0.172. The lowest BCUT2D eigenvalue weighted by molar-refractivity contribution is -0.137. The van der Waals surface area contributed by atoms with Crippen LogP contribution < -0.4 is 10.6 Å². The van der Waals surface area contributed by atoms with Gasteiger partial charge in [-0.05, 0) is 54.9 Å². The number of alkyl halides is 3. The number of hydrogen-bond acceptors (Lipinski definition) is 5. The van der Waals surface area contributed by atoms with Crippen molar-refractivity contribution in [2.24, 2.45) is 0 Å². The number of rotatable bonds is 4. The van der Waals surface area contributed by atoms with E-state index in [1.165, 1.54) is 24.3 Å². The molecule has 0 aliphatic rings. The van der Waals surface area contributed by atoms with Gasteiger partial charge in [0.1, 0.15) is 4.88 Å². The number of anilines is 2. The van der Waals surface area contributed by atoms with Crippen molar-refractivity contribution in [3.05, 3.63) is 70.2 Å². The Labute approximate surface area is 161 Å². The molecule has 0 saturated carbocycles. The second kappa shape index (κ2) is 7.77. The van der Waals surface area contributed by atoms with Crippen LogP contribution in [0.15, 0.2) is 48.5 Å². The first-order chi connectivity index (χ1) is 13.2. The second-order valence-electron chi connectivity index (χ2n) is 5.76. The van der Waals surface area contributed by atoms with Crippen LogP contribution >= 0.6 is 11.5 Å². The third-order valence-electron chi connectivity index (χ3n) is 3.69. The van der Waals surface area contributed by atoms with E-state index in [0.29, 0.717) is 16.3 Å². The molecule has 28 heavy (non-hydrogen) atoms. The number of aromatic nitrogens is 2. The van der Waals surface area contributed by atoms with Crippen molar-refractivity contribution in [1.82, 2.24) is 9.59 Å². The summed E-state index contributed by atoms with van der Waals surface area (Å²) in [6.07, 6.45) is -4.51. The number of hydrogen-bond donors (Lipinski definition) is 2. The van der Waals surface area contributed by atoms with Crippen molar-refractivity contribution in [3.63, 3.8) is 0 Å². The number of amides is 2. The van der Waals surface area contributed by atoms with E-state index < -0.39 is 23.6 Å². The Bertz CT molecular complexity index is 1030. The van der Waals surface area contributed by atoms with E-state index in [1.807, 2.05) is 0 Å². The lowest BCUT2D eigenvalue weighted by Gasteiger charge is -2.10. The Morgan fingerprint density at radius 1 is 0.964 bits per heavy atom. The molecule has 0 unspecified atom stereocenters. The SMILES string of the molecule is Cc1nnsc1C(=O)Nc1cccc(C(=O)Nc2cccc(C(F)(F)F)c2)c1. The Hall–Kier alpha value is -3.27. The van der Waals surface area contributed by atoms with Gasteiger partial charge in [-0.15, -0.1) is 5.10 Å². The predicted molar refractivity (Wildman–Crippen MR) is 98.4 cm³/mol. The van der Waals surface area contributed by atoms with E-state index in [4.69, 9.17) is 0 Å². The molecule has 0 radical (unpaired) electrons. The normalized spacial score (nSPS) is 11.1. The first-order valence-electron chi connectivity index (χ1n) is 7.93. The fraction of sp³-hybridized carbons (Fsp3) is 0.111. The van der Waals surface area contributed by atoms with Crippen molar-refractivity contribution < 1.29 is 22.8 Å². The Morgan fingerprint density at radius 3 is 2.25 bits per heavy atom. The highest BCUT2D eigenvalue weighted by Crippen LogP contribution is 2.30. The van der Waals surface area contributed by atoms with Gasteiger partial charge in [0.05, 0.1) is 11.3 Å². The van der Waals surface area contributed by atoms with Crippen molar-refractivity contribution in [2.45, 2.75) is 13.1 Å². The molecule has 1 aromatic heterocycles. The van der Waals surface area contributed by atoms with Crippen LogP contribution in [0.5, 0.6) is 0 Å². The van der Waals surface area contributed by atoms with Crippen LogP contribution in [0.25, 0.3) is 0 Å². The monoisotopic (exact) mass is 406 g/mol. The zero-order valence-corrected chi connectivity index (χ0v) is 15.2. The molecule has 2 aromatic carbocycles. The Morgan fingerprint density at radius 2 is 1.61 bits per heavy atom. The molecule has 0 aliphatic heterocycles. The minimum absolute atomic E-state index is 0.0145. The number of aryl methyl sites for hydroxylation is 1. The smallest absolute Gasteiger partial charge is 0.322 e. The van der Waals surface area contributed by atoms with Crippen LogP contribution in [-0.4, -0.2) is 21.4 Å². The molecule has 2 N–H and O–H groups in total. The molecule has 0 aliphatic carbocycles. The van der Waals surface area contributed by atoms with Gasteiger partial charge >= 0.3 is 6.18 Å². The first-order valence-corrected chi connectivity index (χ1v) is 8.70. The Kier molecular flexibility index (Phi) is 5.41. The average Bonchev–Trinajstić information content (AvgIpc) is 3.07. The first kappa shape index (κ1) is 19.5.